The molecule has 0 radical (unpaired) electrons. The summed E-state index contributed by atoms with van der Waals surface area (Å²) in [7, 11) is 0. The largest absolute Gasteiger partial charge is 0.379 e. The van der Waals surface area contributed by atoms with E-state index in [9.17, 15) is 19.2 Å². The van der Waals surface area contributed by atoms with E-state index in [1.807, 2.05) is 0 Å². The van der Waals surface area contributed by atoms with Crippen LogP contribution in [-0.2, 0) is 33.4 Å². The van der Waals surface area contributed by atoms with E-state index in [2.05, 4.69) is 36.9 Å². The molecule has 0 fully saturated rings. The molecule has 0 unspecified atom stereocenters. The van der Waals surface area contributed by atoms with E-state index in [-0.39, 0.29) is 23.6 Å². The standard InChI is InChI=1S/C32H54N4O7/c1-5-19-35(20-6-2)31(39)15-9-13-29(37)33-17-11-23-41-25-27-43-28-26-42-24-12-18-34-30(38)14-10-16-32(40)36(21-7-3)22-8-4/h5-8H,1-4,9-28H2,(H,33,37)(H,34,38). The van der Waals surface area contributed by atoms with E-state index in [1.54, 1.807) is 34.1 Å². The van der Waals surface area contributed by atoms with Crippen LogP contribution in [0.5, 0.6) is 0 Å². The van der Waals surface area contributed by atoms with Crippen molar-refractivity contribution in [3.8, 4) is 0 Å². The molecule has 0 saturated carbocycles. The van der Waals surface area contributed by atoms with Gasteiger partial charge in [0.1, 0.15) is 0 Å². The van der Waals surface area contributed by atoms with Gasteiger partial charge in [-0.3, -0.25) is 19.2 Å². The van der Waals surface area contributed by atoms with E-state index in [4.69, 9.17) is 14.2 Å². The third-order valence-electron chi connectivity index (χ3n) is 6.01. The maximum absolute atomic E-state index is 12.1. The monoisotopic (exact) mass is 606 g/mol. The van der Waals surface area contributed by atoms with Crippen molar-refractivity contribution in [3.63, 3.8) is 0 Å². The van der Waals surface area contributed by atoms with Gasteiger partial charge in [0.2, 0.25) is 23.6 Å². The molecule has 0 aromatic rings. The zero-order valence-electron chi connectivity index (χ0n) is 26.0. The van der Waals surface area contributed by atoms with Crippen LogP contribution in [0.4, 0.5) is 0 Å². The van der Waals surface area contributed by atoms with Crippen LogP contribution in [-0.4, -0.2) is 112 Å². The van der Waals surface area contributed by atoms with Crippen LogP contribution in [0.25, 0.3) is 0 Å². The Morgan fingerprint density at radius 1 is 0.488 bits per heavy atom. The summed E-state index contributed by atoms with van der Waals surface area (Å²) in [6, 6.07) is 0. The number of hydrogen-bond acceptors (Lipinski definition) is 7. The molecule has 2 N–H and O–H groups in total. The van der Waals surface area contributed by atoms with Crippen LogP contribution < -0.4 is 10.6 Å². The fourth-order valence-corrected chi connectivity index (χ4v) is 3.82. The lowest BCUT2D eigenvalue weighted by atomic mass is 10.2. The molecule has 0 aliphatic heterocycles. The van der Waals surface area contributed by atoms with E-state index in [0.717, 1.165) is 0 Å². The molecular weight excluding hydrogens is 552 g/mol. The van der Waals surface area contributed by atoms with Crippen molar-refractivity contribution >= 4 is 23.6 Å². The summed E-state index contributed by atoms with van der Waals surface area (Å²) in [5.74, 6) is -0.162. The minimum atomic E-state index is -0.0722. The van der Waals surface area contributed by atoms with Crippen molar-refractivity contribution in [2.45, 2.75) is 51.4 Å². The predicted molar refractivity (Wildman–Crippen MR) is 169 cm³/mol. The number of rotatable bonds is 30. The summed E-state index contributed by atoms with van der Waals surface area (Å²) in [6.07, 6.45) is 10.3. The highest BCUT2D eigenvalue weighted by Crippen LogP contribution is 2.03. The van der Waals surface area contributed by atoms with Gasteiger partial charge in [-0.25, -0.2) is 0 Å². The van der Waals surface area contributed by atoms with Crippen LogP contribution in [0, 0.1) is 0 Å². The first-order chi connectivity index (χ1) is 20.9. The molecule has 0 rings (SSSR count). The zero-order valence-corrected chi connectivity index (χ0v) is 26.0. The topological polar surface area (TPSA) is 127 Å². The van der Waals surface area contributed by atoms with Gasteiger partial charge in [0.25, 0.3) is 0 Å². The highest BCUT2D eigenvalue weighted by Gasteiger charge is 2.12. The Kier molecular flexibility index (Phi) is 26.6. The lowest BCUT2D eigenvalue weighted by Crippen LogP contribution is -2.31. The molecule has 43 heavy (non-hydrogen) atoms. The van der Waals surface area contributed by atoms with E-state index >= 15 is 0 Å². The molecule has 11 nitrogen and oxygen atoms in total. The number of nitrogens with one attached hydrogen (secondary N) is 2. The molecule has 0 aliphatic carbocycles. The average molecular weight is 607 g/mol. The van der Waals surface area contributed by atoms with Gasteiger partial charge in [-0.15, -0.1) is 26.3 Å². The molecule has 0 aliphatic rings. The first kappa shape index (κ1) is 39.7. The molecule has 244 valence electrons. The summed E-state index contributed by atoms with van der Waals surface area (Å²) in [5, 5.41) is 5.68. The van der Waals surface area contributed by atoms with Gasteiger partial charge < -0.3 is 34.6 Å². The molecule has 0 aromatic heterocycles. The number of carbonyl (C=O) groups is 4. The summed E-state index contributed by atoms with van der Waals surface area (Å²) in [5.41, 5.74) is 0. The highest BCUT2D eigenvalue weighted by atomic mass is 16.5. The minimum absolute atomic E-state index is 0.00869. The van der Waals surface area contributed by atoms with Crippen molar-refractivity contribution in [2.75, 3.05) is 78.9 Å². The Hall–Kier alpha value is -3.28. The molecule has 4 amide bonds. The fraction of sp³-hybridized carbons (Fsp3) is 0.625. The highest BCUT2D eigenvalue weighted by molar-refractivity contribution is 5.79. The summed E-state index contributed by atoms with van der Waals surface area (Å²) in [4.78, 5) is 51.4. The van der Waals surface area contributed by atoms with Gasteiger partial charge in [-0.2, -0.15) is 0 Å². The third kappa shape index (κ3) is 23.9. The Labute approximate surface area is 258 Å². The molecule has 0 heterocycles. The van der Waals surface area contributed by atoms with Crippen LogP contribution in [0.15, 0.2) is 50.6 Å². The second kappa shape index (κ2) is 28.8. The van der Waals surface area contributed by atoms with E-state index < -0.39 is 0 Å². The Morgan fingerprint density at radius 2 is 0.814 bits per heavy atom. The average Bonchev–Trinajstić information content (AvgIpc) is 2.98. The summed E-state index contributed by atoms with van der Waals surface area (Å²) >= 11 is 0. The summed E-state index contributed by atoms with van der Waals surface area (Å²) in [6.45, 7) is 20.4. The maximum atomic E-state index is 12.1. The van der Waals surface area contributed by atoms with Gasteiger partial charge in [0, 0.05) is 78.2 Å². The number of hydrogen-bond donors (Lipinski definition) is 2. The molecule has 0 atom stereocenters. The van der Waals surface area contributed by atoms with Gasteiger partial charge in [0.05, 0.1) is 26.4 Å². The maximum Gasteiger partial charge on any atom is 0.223 e. The lowest BCUT2D eigenvalue weighted by molar-refractivity contribution is -0.131. The predicted octanol–water partition coefficient (Wildman–Crippen LogP) is 2.79. The van der Waals surface area contributed by atoms with Crippen LogP contribution >= 0.6 is 0 Å². The van der Waals surface area contributed by atoms with Gasteiger partial charge in [-0.1, -0.05) is 24.3 Å². The first-order valence-corrected chi connectivity index (χ1v) is 15.1. The molecule has 0 saturated heterocycles. The molecule has 0 aromatic carbocycles. The van der Waals surface area contributed by atoms with E-state index in [0.29, 0.717) is 130 Å². The van der Waals surface area contributed by atoms with Crippen molar-refractivity contribution in [2.24, 2.45) is 0 Å². The summed E-state index contributed by atoms with van der Waals surface area (Å²) < 4.78 is 16.5. The quantitative estimate of drug-likeness (QED) is 0.0951. The molecule has 11 heteroatoms. The fourth-order valence-electron chi connectivity index (χ4n) is 3.82. The van der Waals surface area contributed by atoms with Crippen molar-refractivity contribution < 1.29 is 33.4 Å². The number of ether oxygens (including phenoxy) is 3. The second-order valence-electron chi connectivity index (χ2n) is 9.70. The Morgan fingerprint density at radius 3 is 1.14 bits per heavy atom. The second-order valence-corrected chi connectivity index (χ2v) is 9.70. The normalized spacial score (nSPS) is 10.4. The molecule has 0 spiro atoms. The van der Waals surface area contributed by atoms with Gasteiger partial charge in [0.15, 0.2) is 0 Å². The van der Waals surface area contributed by atoms with Crippen LogP contribution in [0.3, 0.4) is 0 Å². The number of amides is 4. The molecular formula is C32H54N4O7. The van der Waals surface area contributed by atoms with Gasteiger partial charge >= 0.3 is 0 Å². The number of nitrogens with zero attached hydrogens (tertiary/aromatic N) is 2. The van der Waals surface area contributed by atoms with E-state index in [1.165, 1.54) is 0 Å². The minimum Gasteiger partial charge on any atom is -0.379 e. The van der Waals surface area contributed by atoms with Gasteiger partial charge in [-0.05, 0) is 25.7 Å². The zero-order chi connectivity index (χ0) is 32.0. The Bertz CT molecular complexity index is 749. The van der Waals surface area contributed by atoms with Crippen molar-refractivity contribution in [3.05, 3.63) is 50.6 Å². The first-order valence-electron chi connectivity index (χ1n) is 15.1. The van der Waals surface area contributed by atoms with Crippen molar-refractivity contribution in [1.29, 1.82) is 0 Å². The Balaban J connectivity index is 3.52. The van der Waals surface area contributed by atoms with Crippen LogP contribution in [0.1, 0.15) is 51.4 Å². The smallest absolute Gasteiger partial charge is 0.223 e. The molecule has 0 bridgehead atoms. The SMILES string of the molecule is C=CCN(CC=C)C(=O)CCCC(=O)NCCCOCCOCCOCCCNC(=O)CCCC(=O)N(CC=C)CC=C. The van der Waals surface area contributed by atoms with Crippen LogP contribution in [0.2, 0.25) is 0 Å². The lowest BCUT2D eigenvalue weighted by Gasteiger charge is -2.19. The third-order valence-corrected chi connectivity index (χ3v) is 6.01. The van der Waals surface area contributed by atoms with Crippen molar-refractivity contribution in [1.82, 2.24) is 20.4 Å². The number of carbonyl (C=O) groups excluding carboxylic acids is 4.